The first-order chi connectivity index (χ1) is 6.34. The number of hydrogen-bond acceptors (Lipinski definition) is 1. The fraction of sp³-hybridized carbons (Fsp3) is 0.455. The van der Waals surface area contributed by atoms with Gasteiger partial charge in [-0.25, -0.2) is 0 Å². The Labute approximate surface area is 88.7 Å². The number of benzene rings is 1. The molecule has 0 aliphatic rings. The Hall–Kier alpha value is -0.340. The van der Waals surface area contributed by atoms with Gasteiger partial charge in [0.25, 0.3) is 0 Å². The molecule has 0 radical (unpaired) electrons. The zero-order chi connectivity index (χ0) is 9.52. The Kier molecular flexibility index (Phi) is 5.09. The minimum absolute atomic E-state index is 1.07. The van der Waals surface area contributed by atoms with Crippen LogP contribution in [0.1, 0.15) is 18.9 Å². The molecule has 0 unspecified atom stereocenters. The molecule has 0 bridgehead atoms. The lowest BCUT2D eigenvalue weighted by Gasteiger charge is -2.04. The van der Waals surface area contributed by atoms with Crippen LogP contribution in [-0.2, 0) is 6.42 Å². The van der Waals surface area contributed by atoms with Crippen LogP contribution in [0.15, 0.2) is 28.7 Å². The Morgan fingerprint density at radius 3 is 2.77 bits per heavy atom. The summed E-state index contributed by atoms with van der Waals surface area (Å²) in [7, 11) is 0. The first-order valence-electron chi connectivity index (χ1n) is 4.78. The van der Waals surface area contributed by atoms with E-state index in [0.29, 0.717) is 0 Å². The second-order valence-electron chi connectivity index (χ2n) is 3.05. The van der Waals surface area contributed by atoms with Crippen molar-refractivity contribution in [2.24, 2.45) is 0 Å². The predicted octanol–water partition coefficient (Wildman–Crippen LogP) is 2.99. The maximum Gasteiger partial charge on any atom is 0.0207 e. The van der Waals surface area contributed by atoms with Crippen LogP contribution >= 0.6 is 15.9 Å². The summed E-state index contributed by atoms with van der Waals surface area (Å²) < 4.78 is 1.23. The molecule has 0 aliphatic heterocycles. The van der Waals surface area contributed by atoms with Gasteiger partial charge in [0.15, 0.2) is 0 Å². The molecule has 0 heterocycles. The van der Waals surface area contributed by atoms with E-state index >= 15 is 0 Å². The van der Waals surface area contributed by atoms with Gasteiger partial charge < -0.3 is 5.32 Å². The van der Waals surface area contributed by atoms with E-state index in [1.807, 2.05) is 0 Å². The van der Waals surface area contributed by atoms with Gasteiger partial charge in [-0.15, -0.1) is 0 Å². The summed E-state index contributed by atoms with van der Waals surface area (Å²) in [5.41, 5.74) is 1.40. The molecular formula is C11H16BrN. The molecule has 0 saturated heterocycles. The smallest absolute Gasteiger partial charge is 0.0207 e. The minimum Gasteiger partial charge on any atom is -0.317 e. The zero-order valence-electron chi connectivity index (χ0n) is 8.02. The first kappa shape index (κ1) is 10.7. The van der Waals surface area contributed by atoms with E-state index in [4.69, 9.17) is 0 Å². The van der Waals surface area contributed by atoms with Crippen molar-refractivity contribution < 1.29 is 0 Å². The molecule has 13 heavy (non-hydrogen) atoms. The molecule has 1 nitrogen and oxygen atoms in total. The molecule has 0 aromatic heterocycles. The average molecular weight is 242 g/mol. The van der Waals surface area contributed by atoms with Gasteiger partial charge in [0.1, 0.15) is 0 Å². The standard InChI is InChI=1S/C11H16BrN/c1-2-13-9-5-7-10-6-3-4-8-11(10)12/h3-4,6,8,13H,2,5,7,9H2,1H3. The zero-order valence-corrected chi connectivity index (χ0v) is 9.60. The summed E-state index contributed by atoms with van der Waals surface area (Å²) >= 11 is 3.55. The molecule has 2 heteroatoms. The van der Waals surface area contributed by atoms with Crippen molar-refractivity contribution in [3.05, 3.63) is 34.3 Å². The maximum absolute atomic E-state index is 3.55. The number of hydrogen-bond donors (Lipinski definition) is 1. The van der Waals surface area contributed by atoms with E-state index < -0.39 is 0 Å². The molecule has 1 rings (SSSR count). The van der Waals surface area contributed by atoms with Crippen molar-refractivity contribution in [1.82, 2.24) is 5.32 Å². The largest absolute Gasteiger partial charge is 0.317 e. The lowest BCUT2D eigenvalue weighted by atomic mass is 10.1. The lowest BCUT2D eigenvalue weighted by Crippen LogP contribution is -2.14. The molecule has 0 atom stereocenters. The van der Waals surface area contributed by atoms with Gasteiger partial charge in [-0.3, -0.25) is 0 Å². The normalized spacial score (nSPS) is 10.3. The Bertz CT molecular complexity index is 248. The van der Waals surface area contributed by atoms with Crippen LogP contribution in [0.3, 0.4) is 0 Å². The molecule has 0 amide bonds. The van der Waals surface area contributed by atoms with Crippen LogP contribution in [-0.4, -0.2) is 13.1 Å². The van der Waals surface area contributed by atoms with Gasteiger partial charge in [0.05, 0.1) is 0 Å². The van der Waals surface area contributed by atoms with E-state index in [-0.39, 0.29) is 0 Å². The van der Waals surface area contributed by atoms with Crippen molar-refractivity contribution in [2.75, 3.05) is 13.1 Å². The SMILES string of the molecule is CCNCCCc1ccccc1Br. The Morgan fingerprint density at radius 1 is 1.31 bits per heavy atom. The van der Waals surface area contributed by atoms with Crippen LogP contribution in [0, 0.1) is 0 Å². The maximum atomic E-state index is 3.55. The molecule has 72 valence electrons. The van der Waals surface area contributed by atoms with E-state index in [1.165, 1.54) is 16.5 Å². The number of nitrogens with one attached hydrogen (secondary N) is 1. The topological polar surface area (TPSA) is 12.0 Å². The molecule has 0 fully saturated rings. The summed E-state index contributed by atoms with van der Waals surface area (Å²) in [6.07, 6.45) is 2.35. The lowest BCUT2D eigenvalue weighted by molar-refractivity contribution is 0.672. The third kappa shape index (κ3) is 3.92. The van der Waals surface area contributed by atoms with Crippen molar-refractivity contribution in [3.63, 3.8) is 0 Å². The summed E-state index contributed by atoms with van der Waals surface area (Å²) in [6, 6.07) is 8.42. The molecule has 1 aromatic carbocycles. The van der Waals surface area contributed by atoms with Crippen molar-refractivity contribution in [2.45, 2.75) is 19.8 Å². The molecule has 1 aromatic rings. The minimum atomic E-state index is 1.07. The molecular weight excluding hydrogens is 226 g/mol. The van der Waals surface area contributed by atoms with E-state index in [1.54, 1.807) is 0 Å². The van der Waals surface area contributed by atoms with Crippen molar-refractivity contribution in [3.8, 4) is 0 Å². The summed E-state index contributed by atoms with van der Waals surface area (Å²) in [5, 5.41) is 3.32. The predicted molar refractivity (Wildman–Crippen MR) is 61.0 cm³/mol. The highest BCUT2D eigenvalue weighted by atomic mass is 79.9. The van der Waals surface area contributed by atoms with Crippen LogP contribution < -0.4 is 5.32 Å². The van der Waals surface area contributed by atoms with Crippen molar-refractivity contribution in [1.29, 1.82) is 0 Å². The molecule has 1 N–H and O–H groups in total. The highest BCUT2D eigenvalue weighted by molar-refractivity contribution is 9.10. The molecule has 0 spiro atoms. The summed E-state index contributed by atoms with van der Waals surface area (Å²) in [4.78, 5) is 0. The Balaban J connectivity index is 2.32. The Morgan fingerprint density at radius 2 is 2.08 bits per heavy atom. The number of halogens is 1. The van der Waals surface area contributed by atoms with E-state index in [2.05, 4.69) is 52.4 Å². The highest BCUT2D eigenvalue weighted by Crippen LogP contribution is 2.16. The second-order valence-corrected chi connectivity index (χ2v) is 3.90. The van der Waals surface area contributed by atoms with Gasteiger partial charge in [0, 0.05) is 4.47 Å². The molecule has 0 saturated carbocycles. The third-order valence-electron chi connectivity index (χ3n) is 2.01. The quantitative estimate of drug-likeness (QED) is 0.782. The van der Waals surface area contributed by atoms with Gasteiger partial charge in [-0.1, -0.05) is 41.1 Å². The number of aryl methyl sites for hydroxylation is 1. The van der Waals surface area contributed by atoms with E-state index in [9.17, 15) is 0 Å². The van der Waals surface area contributed by atoms with Gasteiger partial charge >= 0.3 is 0 Å². The monoisotopic (exact) mass is 241 g/mol. The van der Waals surface area contributed by atoms with Crippen LogP contribution in [0.25, 0.3) is 0 Å². The fourth-order valence-electron chi connectivity index (χ4n) is 1.28. The van der Waals surface area contributed by atoms with Gasteiger partial charge in [-0.05, 0) is 37.6 Å². The first-order valence-corrected chi connectivity index (χ1v) is 5.58. The van der Waals surface area contributed by atoms with Crippen LogP contribution in [0.5, 0.6) is 0 Å². The number of rotatable bonds is 5. The third-order valence-corrected chi connectivity index (χ3v) is 2.78. The highest BCUT2D eigenvalue weighted by Gasteiger charge is 1.96. The van der Waals surface area contributed by atoms with Crippen LogP contribution in [0.2, 0.25) is 0 Å². The second kappa shape index (κ2) is 6.17. The average Bonchev–Trinajstić information content (AvgIpc) is 2.15. The van der Waals surface area contributed by atoms with Crippen molar-refractivity contribution >= 4 is 15.9 Å². The summed E-state index contributed by atoms with van der Waals surface area (Å²) in [5.74, 6) is 0. The molecule has 0 aliphatic carbocycles. The van der Waals surface area contributed by atoms with E-state index in [0.717, 1.165) is 19.5 Å². The van der Waals surface area contributed by atoms with Gasteiger partial charge in [-0.2, -0.15) is 0 Å². The summed E-state index contributed by atoms with van der Waals surface area (Å²) in [6.45, 7) is 4.31. The fourth-order valence-corrected chi connectivity index (χ4v) is 1.76. The van der Waals surface area contributed by atoms with Crippen LogP contribution in [0.4, 0.5) is 0 Å². The van der Waals surface area contributed by atoms with Gasteiger partial charge in [0.2, 0.25) is 0 Å².